The quantitative estimate of drug-likeness (QED) is 0.914. The Hall–Kier alpha value is -1.79. The molecule has 0 bridgehead atoms. The second kappa shape index (κ2) is 5.68. The third-order valence-corrected chi connectivity index (χ3v) is 5.04. The molecule has 6 heteroatoms. The molecular formula is C14H19N3O2S. The third-order valence-electron chi connectivity index (χ3n) is 3.29. The predicted octanol–water partition coefficient (Wildman–Crippen LogP) is 1.79. The first kappa shape index (κ1) is 14.6. The molecule has 108 valence electrons. The zero-order valence-corrected chi connectivity index (χ0v) is 12.5. The summed E-state index contributed by atoms with van der Waals surface area (Å²) in [4.78, 5) is 0.270. The summed E-state index contributed by atoms with van der Waals surface area (Å²) in [6.07, 6.45) is 1.64. The zero-order chi connectivity index (χ0) is 14.8. The van der Waals surface area contributed by atoms with Crippen LogP contribution < -0.4 is 10.0 Å². The Labute approximate surface area is 119 Å². The maximum atomic E-state index is 12.6. The summed E-state index contributed by atoms with van der Waals surface area (Å²) in [6.45, 7) is 2.96. The van der Waals surface area contributed by atoms with E-state index < -0.39 is 10.0 Å². The first-order chi connectivity index (χ1) is 9.50. The van der Waals surface area contributed by atoms with Gasteiger partial charge in [-0.3, -0.25) is 4.31 Å². The van der Waals surface area contributed by atoms with Crippen LogP contribution in [0.15, 0.2) is 47.5 Å². The van der Waals surface area contributed by atoms with Gasteiger partial charge in [-0.15, -0.1) is 0 Å². The topological polar surface area (TPSA) is 68.3 Å². The van der Waals surface area contributed by atoms with Crippen molar-refractivity contribution in [1.82, 2.24) is 4.57 Å². The molecule has 0 radical (unpaired) electrons. The summed E-state index contributed by atoms with van der Waals surface area (Å²) in [5.74, 6) is 0. The molecule has 0 aliphatic heterocycles. The second-order valence-electron chi connectivity index (χ2n) is 4.47. The fourth-order valence-electron chi connectivity index (χ4n) is 2.07. The minimum Gasteiger partial charge on any atom is -0.349 e. The summed E-state index contributed by atoms with van der Waals surface area (Å²) < 4.78 is 28.3. The van der Waals surface area contributed by atoms with Crippen molar-refractivity contribution in [3.05, 3.63) is 48.3 Å². The lowest BCUT2D eigenvalue weighted by atomic mass is 10.3. The lowest BCUT2D eigenvalue weighted by molar-refractivity contribution is 0.594. The number of para-hydroxylation sites is 1. The molecule has 5 nitrogen and oxygen atoms in total. The average Bonchev–Trinajstić information content (AvgIpc) is 2.91. The number of anilines is 1. The van der Waals surface area contributed by atoms with Gasteiger partial charge >= 0.3 is 0 Å². The van der Waals surface area contributed by atoms with Crippen molar-refractivity contribution in [1.29, 1.82) is 0 Å². The highest BCUT2D eigenvalue weighted by Gasteiger charge is 2.23. The van der Waals surface area contributed by atoms with Gasteiger partial charge < -0.3 is 10.3 Å². The molecule has 0 atom stereocenters. The molecule has 1 heterocycles. The van der Waals surface area contributed by atoms with E-state index in [1.165, 1.54) is 4.31 Å². The molecule has 0 unspecified atom stereocenters. The van der Waals surface area contributed by atoms with Gasteiger partial charge in [0, 0.05) is 32.0 Å². The minimum atomic E-state index is -3.56. The van der Waals surface area contributed by atoms with Crippen LogP contribution >= 0.6 is 0 Å². The Morgan fingerprint density at radius 2 is 1.90 bits per heavy atom. The lowest BCUT2D eigenvalue weighted by Crippen LogP contribution is -2.26. The number of nitrogens with zero attached hydrogens (tertiary/aromatic N) is 2. The number of benzene rings is 1. The van der Waals surface area contributed by atoms with E-state index in [9.17, 15) is 8.42 Å². The van der Waals surface area contributed by atoms with Crippen LogP contribution in [-0.2, 0) is 23.1 Å². The Kier molecular flexibility index (Phi) is 4.15. The van der Waals surface area contributed by atoms with Crippen LogP contribution in [0.3, 0.4) is 0 Å². The third kappa shape index (κ3) is 2.57. The molecule has 20 heavy (non-hydrogen) atoms. The Bertz CT molecular complexity index is 656. The van der Waals surface area contributed by atoms with Crippen molar-refractivity contribution in [3.63, 3.8) is 0 Å². The van der Waals surface area contributed by atoms with Crippen LogP contribution in [-0.4, -0.2) is 20.0 Å². The van der Waals surface area contributed by atoms with Crippen molar-refractivity contribution in [2.75, 3.05) is 11.4 Å². The van der Waals surface area contributed by atoms with E-state index in [2.05, 4.69) is 0 Å². The highest BCUT2D eigenvalue weighted by atomic mass is 32.2. The lowest BCUT2D eigenvalue weighted by Gasteiger charge is -2.18. The maximum Gasteiger partial charge on any atom is 0.265 e. The minimum absolute atomic E-state index is 0.270. The van der Waals surface area contributed by atoms with Crippen LogP contribution in [0.25, 0.3) is 0 Å². The Morgan fingerprint density at radius 1 is 1.25 bits per heavy atom. The number of aryl methyl sites for hydroxylation is 1. The van der Waals surface area contributed by atoms with E-state index in [-0.39, 0.29) is 4.90 Å². The largest absolute Gasteiger partial charge is 0.349 e. The summed E-state index contributed by atoms with van der Waals surface area (Å²) in [5, 5.41) is 0. The van der Waals surface area contributed by atoms with Crippen LogP contribution in [0.1, 0.15) is 12.6 Å². The van der Waals surface area contributed by atoms with Crippen LogP contribution in [0.5, 0.6) is 0 Å². The molecule has 0 saturated heterocycles. The van der Waals surface area contributed by atoms with Crippen LogP contribution in [0, 0.1) is 0 Å². The number of aromatic nitrogens is 1. The van der Waals surface area contributed by atoms with Crippen molar-refractivity contribution in [2.45, 2.75) is 24.9 Å². The van der Waals surface area contributed by atoms with Gasteiger partial charge in [-0.05, 0) is 25.1 Å². The smallest absolute Gasteiger partial charge is 0.265 e. The van der Waals surface area contributed by atoms with Gasteiger partial charge in [-0.25, -0.2) is 8.42 Å². The van der Waals surface area contributed by atoms with Gasteiger partial charge in [0.05, 0.1) is 5.69 Å². The SMILES string of the molecule is CCn1cc(S(=O)(=O)N(C)c2ccccc2)cc1CN. The van der Waals surface area contributed by atoms with E-state index in [1.807, 2.05) is 29.7 Å². The summed E-state index contributed by atoms with van der Waals surface area (Å²) in [7, 11) is -2.01. The van der Waals surface area contributed by atoms with Crippen LogP contribution in [0.4, 0.5) is 5.69 Å². The van der Waals surface area contributed by atoms with Gasteiger partial charge in [-0.2, -0.15) is 0 Å². The first-order valence-electron chi connectivity index (χ1n) is 6.43. The fourth-order valence-corrected chi connectivity index (χ4v) is 3.33. The molecule has 0 saturated carbocycles. The summed E-state index contributed by atoms with van der Waals surface area (Å²) >= 11 is 0. The number of hydrogen-bond acceptors (Lipinski definition) is 3. The van der Waals surface area contributed by atoms with E-state index >= 15 is 0 Å². The van der Waals surface area contributed by atoms with Gasteiger partial charge in [-0.1, -0.05) is 18.2 Å². The number of rotatable bonds is 5. The summed E-state index contributed by atoms with van der Waals surface area (Å²) in [5.41, 5.74) is 7.08. The van der Waals surface area contributed by atoms with Gasteiger partial charge in [0.1, 0.15) is 4.90 Å². The fraction of sp³-hybridized carbons (Fsp3) is 0.286. The molecule has 0 aliphatic carbocycles. The molecule has 0 amide bonds. The second-order valence-corrected chi connectivity index (χ2v) is 6.43. The molecule has 1 aromatic carbocycles. The molecule has 2 aromatic rings. The maximum absolute atomic E-state index is 12.6. The van der Waals surface area contributed by atoms with Gasteiger partial charge in [0.25, 0.3) is 10.0 Å². The van der Waals surface area contributed by atoms with Gasteiger partial charge in [0.2, 0.25) is 0 Å². The number of sulfonamides is 1. The number of hydrogen-bond donors (Lipinski definition) is 1. The molecule has 2 rings (SSSR count). The highest BCUT2D eigenvalue weighted by molar-refractivity contribution is 7.92. The van der Waals surface area contributed by atoms with E-state index in [1.54, 1.807) is 31.4 Å². The predicted molar refractivity (Wildman–Crippen MR) is 80.0 cm³/mol. The van der Waals surface area contributed by atoms with Crippen molar-refractivity contribution in [3.8, 4) is 0 Å². The first-order valence-corrected chi connectivity index (χ1v) is 7.87. The van der Waals surface area contributed by atoms with Crippen molar-refractivity contribution < 1.29 is 8.42 Å². The molecular weight excluding hydrogens is 274 g/mol. The van der Waals surface area contributed by atoms with Crippen LogP contribution in [0.2, 0.25) is 0 Å². The van der Waals surface area contributed by atoms with Crippen molar-refractivity contribution in [2.24, 2.45) is 5.73 Å². The molecule has 0 spiro atoms. The Balaban J connectivity index is 2.42. The Morgan fingerprint density at radius 3 is 2.40 bits per heavy atom. The molecule has 0 fully saturated rings. The molecule has 0 aliphatic rings. The summed E-state index contributed by atoms with van der Waals surface area (Å²) in [6, 6.07) is 10.6. The standard InChI is InChI=1S/C14H19N3O2S/c1-3-17-11-14(9-13(17)10-15)20(18,19)16(2)12-7-5-4-6-8-12/h4-9,11H,3,10,15H2,1-2H3. The average molecular weight is 293 g/mol. The van der Waals surface area contributed by atoms with Crippen molar-refractivity contribution >= 4 is 15.7 Å². The number of nitrogens with two attached hydrogens (primary N) is 1. The van der Waals surface area contributed by atoms with Gasteiger partial charge in [0.15, 0.2) is 0 Å². The van der Waals surface area contributed by atoms with E-state index in [0.29, 0.717) is 18.8 Å². The monoisotopic (exact) mass is 293 g/mol. The molecule has 2 N–H and O–H groups in total. The highest BCUT2D eigenvalue weighted by Crippen LogP contribution is 2.23. The molecule has 1 aromatic heterocycles. The van der Waals surface area contributed by atoms with E-state index in [0.717, 1.165) is 5.69 Å². The normalized spacial score (nSPS) is 11.6. The zero-order valence-electron chi connectivity index (χ0n) is 11.7. The van der Waals surface area contributed by atoms with E-state index in [4.69, 9.17) is 5.73 Å².